The number of carbonyl (C=O) groups is 1. The molecule has 72 valence electrons. The Morgan fingerprint density at radius 1 is 1.67 bits per heavy atom. The summed E-state index contributed by atoms with van der Waals surface area (Å²) in [5.41, 5.74) is 5.77. The van der Waals surface area contributed by atoms with Gasteiger partial charge in [-0.1, -0.05) is 13.8 Å². The zero-order chi connectivity index (χ0) is 9.56. The van der Waals surface area contributed by atoms with Crippen molar-refractivity contribution in [3.63, 3.8) is 0 Å². The second-order valence-electron chi connectivity index (χ2n) is 2.66. The number of carbonyl (C=O) groups excluding carboxylic acids is 1. The summed E-state index contributed by atoms with van der Waals surface area (Å²) in [7, 11) is 1.40. The van der Waals surface area contributed by atoms with Crippen molar-refractivity contribution in [3.05, 3.63) is 0 Å². The maximum Gasteiger partial charge on any atom is 0.315 e. The molecule has 2 atom stereocenters. The largest absolute Gasteiger partial charge is 0.468 e. The lowest BCUT2D eigenvalue weighted by molar-refractivity contribution is -0.137. The predicted octanol–water partition coefficient (Wildman–Crippen LogP) is 1.02. The number of hydrogen-bond acceptors (Lipinski definition) is 4. The van der Waals surface area contributed by atoms with Crippen molar-refractivity contribution in [1.82, 2.24) is 0 Å². The van der Waals surface area contributed by atoms with Crippen LogP contribution in [0.2, 0.25) is 0 Å². The van der Waals surface area contributed by atoms with Crippen molar-refractivity contribution >= 4 is 17.7 Å². The van der Waals surface area contributed by atoms with Crippen LogP contribution < -0.4 is 5.73 Å². The Bertz CT molecular complexity index is 141. The first-order valence-electron chi connectivity index (χ1n) is 4.05. The SMILES string of the molecule is CCC(N)C(C)SCC(=O)OC. The topological polar surface area (TPSA) is 52.3 Å². The van der Waals surface area contributed by atoms with E-state index in [9.17, 15) is 4.79 Å². The molecule has 0 aliphatic rings. The van der Waals surface area contributed by atoms with Crippen LogP contribution in [0.5, 0.6) is 0 Å². The van der Waals surface area contributed by atoms with Crippen molar-refractivity contribution in [2.45, 2.75) is 31.6 Å². The minimum Gasteiger partial charge on any atom is -0.468 e. The van der Waals surface area contributed by atoms with Gasteiger partial charge in [0.25, 0.3) is 0 Å². The van der Waals surface area contributed by atoms with Gasteiger partial charge < -0.3 is 10.5 Å². The summed E-state index contributed by atoms with van der Waals surface area (Å²) in [6.45, 7) is 4.07. The number of hydrogen-bond donors (Lipinski definition) is 1. The molecule has 12 heavy (non-hydrogen) atoms. The van der Waals surface area contributed by atoms with E-state index in [4.69, 9.17) is 5.73 Å². The molecule has 0 spiro atoms. The molecule has 0 saturated carbocycles. The van der Waals surface area contributed by atoms with Crippen molar-refractivity contribution < 1.29 is 9.53 Å². The summed E-state index contributed by atoms with van der Waals surface area (Å²) < 4.78 is 4.51. The normalized spacial score (nSPS) is 15.3. The summed E-state index contributed by atoms with van der Waals surface area (Å²) in [6, 6.07) is 0.166. The molecule has 0 fully saturated rings. The van der Waals surface area contributed by atoms with Gasteiger partial charge in [-0.15, -0.1) is 11.8 Å². The molecule has 3 nitrogen and oxygen atoms in total. The highest BCUT2D eigenvalue weighted by molar-refractivity contribution is 8.00. The molecular weight excluding hydrogens is 174 g/mol. The summed E-state index contributed by atoms with van der Waals surface area (Å²) in [5, 5.41) is 0.314. The third kappa shape index (κ3) is 4.62. The fourth-order valence-corrected chi connectivity index (χ4v) is 1.67. The first-order chi connectivity index (χ1) is 5.61. The first kappa shape index (κ1) is 11.8. The lowest BCUT2D eigenvalue weighted by atomic mass is 10.2. The number of rotatable bonds is 5. The number of nitrogens with two attached hydrogens (primary N) is 1. The zero-order valence-corrected chi connectivity index (χ0v) is 8.69. The van der Waals surface area contributed by atoms with Crippen LogP contribution in [0, 0.1) is 0 Å². The van der Waals surface area contributed by atoms with Gasteiger partial charge >= 0.3 is 5.97 Å². The highest BCUT2D eigenvalue weighted by Gasteiger charge is 2.12. The van der Waals surface area contributed by atoms with Gasteiger partial charge in [0.05, 0.1) is 12.9 Å². The summed E-state index contributed by atoms with van der Waals surface area (Å²) in [5.74, 6) is 0.209. The fourth-order valence-electron chi connectivity index (χ4n) is 0.714. The second-order valence-corrected chi connectivity index (χ2v) is 4.03. The van der Waals surface area contributed by atoms with Crippen molar-refractivity contribution in [2.24, 2.45) is 5.73 Å². The van der Waals surface area contributed by atoms with Crippen LogP contribution in [-0.4, -0.2) is 30.1 Å². The van der Waals surface area contributed by atoms with E-state index in [0.29, 0.717) is 11.0 Å². The van der Waals surface area contributed by atoms with Crippen LogP contribution >= 0.6 is 11.8 Å². The van der Waals surface area contributed by atoms with E-state index in [1.165, 1.54) is 7.11 Å². The average molecular weight is 191 g/mol. The van der Waals surface area contributed by atoms with E-state index in [0.717, 1.165) is 6.42 Å². The van der Waals surface area contributed by atoms with Gasteiger partial charge in [-0.05, 0) is 6.42 Å². The standard InChI is InChI=1S/C8H17NO2S/c1-4-7(9)6(2)12-5-8(10)11-3/h6-7H,4-5,9H2,1-3H3. The van der Waals surface area contributed by atoms with Crippen LogP contribution in [-0.2, 0) is 9.53 Å². The highest BCUT2D eigenvalue weighted by Crippen LogP contribution is 2.14. The molecule has 0 aliphatic heterocycles. The molecule has 2 N–H and O–H groups in total. The van der Waals surface area contributed by atoms with Gasteiger partial charge in [0, 0.05) is 11.3 Å². The van der Waals surface area contributed by atoms with E-state index >= 15 is 0 Å². The molecule has 0 aromatic carbocycles. The molecule has 2 unspecified atom stereocenters. The molecule has 0 saturated heterocycles. The second kappa shape index (κ2) is 6.31. The highest BCUT2D eigenvalue weighted by atomic mass is 32.2. The number of methoxy groups -OCH3 is 1. The Labute approximate surface area is 78.0 Å². The van der Waals surface area contributed by atoms with Crippen molar-refractivity contribution in [2.75, 3.05) is 12.9 Å². The van der Waals surface area contributed by atoms with Gasteiger partial charge in [-0.2, -0.15) is 0 Å². The number of esters is 1. The Kier molecular flexibility index (Phi) is 6.20. The van der Waals surface area contributed by atoms with Crippen molar-refractivity contribution in [1.29, 1.82) is 0 Å². The maximum atomic E-state index is 10.7. The zero-order valence-electron chi connectivity index (χ0n) is 7.87. The first-order valence-corrected chi connectivity index (χ1v) is 5.10. The van der Waals surface area contributed by atoms with E-state index in [2.05, 4.69) is 4.74 Å². The molecule has 0 bridgehead atoms. The van der Waals surface area contributed by atoms with E-state index in [1.54, 1.807) is 11.8 Å². The predicted molar refractivity (Wildman–Crippen MR) is 52.2 cm³/mol. The molecule has 0 heterocycles. The van der Waals surface area contributed by atoms with Gasteiger partial charge in [-0.25, -0.2) is 0 Å². The molecule has 4 heteroatoms. The average Bonchev–Trinajstić information content (AvgIpc) is 2.11. The van der Waals surface area contributed by atoms with Gasteiger partial charge in [0.15, 0.2) is 0 Å². The number of thioether (sulfide) groups is 1. The Balaban J connectivity index is 3.56. The summed E-state index contributed by atoms with van der Waals surface area (Å²) >= 11 is 1.54. The van der Waals surface area contributed by atoms with Crippen LogP contribution in [0.1, 0.15) is 20.3 Å². The molecule has 0 amide bonds. The minimum absolute atomic E-state index is 0.166. The van der Waals surface area contributed by atoms with E-state index in [1.807, 2.05) is 13.8 Å². The third-order valence-corrected chi connectivity index (χ3v) is 3.04. The molecule has 0 radical (unpaired) electrons. The Morgan fingerprint density at radius 3 is 2.67 bits per heavy atom. The van der Waals surface area contributed by atoms with Crippen LogP contribution in [0.3, 0.4) is 0 Å². The number of ether oxygens (including phenoxy) is 1. The minimum atomic E-state index is -0.185. The van der Waals surface area contributed by atoms with Gasteiger partial charge in [-0.3, -0.25) is 4.79 Å². The summed E-state index contributed by atoms with van der Waals surface area (Å²) in [6.07, 6.45) is 0.940. The monoisotopic (exact) mass is 191 g/mol. The molecule has 0 aromatic rings. The van der Waals surface area contributed by atoms with Gasteiger partial charge in [0.1, 0.15) is 0 Å². The van der Waals surface area contributed by atoms with Gasteiger partial charge in [0.2, 0.25) is 0 Å². The molecular formula is C8H17NO2S. The molecule has 0 aliphatic carbocycles. The van der Waals surface area contributed by atoms with E-state index in [-0.39, 0.29) is 12.0 Å². The lowest BCUT2D eigenvalue weighted by Crippen LogP contribution is -2.30. The third-order valence-electron chi connectivity index (χ3n) is 1.77. The Hall–Kier alpha value is -0.220. The van der Waals surface area contributed by atoms with Crippen LogP contribution in [0.25, 0.3) is 0 Å². The maximum absolute atomic E-state index is 10.7. The smallest absolute Gasteiger partial charge is 0.315 e. The Morgan fingerprint density at radius 2 is 2.25 bits per heavy atom. The fraction of sp³-hybridized carbons (Fsp3) is 0.875. The summed E-state index contributed by atoms with van der Waals surface area (Å²) in [4.78, 5) is 10.7. The van der Waals surface area contributed by atoms with Crippen LogP contribution in [0.15, 0.2) is 0 Å². The lowest BCUT2D eigenvalue weighted by Gasteiger charge is -2.16. The van der Waals surface area contributed by atoms with E-state index < -0.39 is 0 Å². The van der Waals surface area contributed by atoms with Crippen LogP contribution in [0.4, 0.5) is 0 Å². The quantitative estimate of drug-likeness (QED) is 0.659. The molecule has 0 rings (SSSR count). The van der Waals surface area contributed by atoms with Crippen molar-refractivity contribution in [3.8, 4) is 0 Å². The molecule has 0 aromatic heterocycles.